The second-order valence-electron chi connectivity index (χ2n) is 5.34. The maximum absolute atomic E-state index is 12.8. The number of anilines is 2. The number of fused-ring (bicyclic) bond motifs is 1. The number of amides is 1. The number of hydrogen-bond acceptors (Lipinski definition) is 2. The largest absolute Gasteiger partial charge is 0.497 e. The van der Waals surface area contributed by atoms with Gasteiger partial charge in [0, 0.05) is 12.0 Å². The van der Waals surface area contributed by atoms with Crippen LogP contribution < -0.4 is 9.64 Å². The summed E-state index contributed by atoms with van der Waals surface area (Å²) in [5, 5.41) is 0.896. The summed E-state index contributed by atoms with van der Waals surface area (Å²) in [6, 6.07) is 10.9. The van der Waals surface area contributed by atoms with Gasteiger partial charge in [-0.2, -0.15) is 0 Å². The second kappa shape index (κ2) is 5.82. The highest BCUT2D eigenvalue weighted by molar-refractivity contribution is 6.40. The molecule has 3 rings (SSSR count). The molecule has 0 spiro atoms. The van der Waals surface area contributed by atoms with Gasteiger partial charge in [0.05, 0.1) is 28.5 Å². The zero-order valence-corrected chi connectivity index (χ0v) is 13.8. The molecule has 0 radical (unpaired) electrons. The van der Waals surface area contributed by atoms with Gasteiger partial charge in [-0.1, -0.05) is 42.3 Å². The first-order valence-electron chi connectivity index (χ1n) is 6.98. The maximum atomic E-state index is 12.8. The number of benzene rings is 2. The molecular formula is C17H15Cl2NO2. The third-order valence-electron chi connectivity index (χ3n) is 3.86. The molecule has 0 saturated heterocycles. The number of methoxy groups -OCH3 is 1. The summed E-state index contributed by atoms with van der Waals surface area (Å²) < 4.78 is 5.28. The molecule has 22 heavy (non-hydrogen) atoms. The smallest absolute Gasteiger partial charge is 0.234 e. The molecule has 1 amide bonds. The van der Waals surface area contributed by atoms with Crippen LogP contribution in [0.15, 0.2) is 36.4 Å². The van der Waals surface area contributed by atoms with Gasteiger partial charge in [-0.3, -0.25) is 9.69 Å². The molecule has 1 heterocycles. The molecular weight excluding hydrogens is 321 g/mol. The number of halogens is 2. The molecule has 0 fully saturated rings. The summed E-state index contributed by atoms with van der Waals surface area (Å²) in [5.41, 5.74) is 2.37. The number of nitrogens with zero attached hydrogens (tertiary/aromatic N) is 1. The monoisotopic (exact) mass is 335 g/mol. The van der Waals surface area contributed by atoms with E-state index < -0.39 is 0 Å². The second-order valence-corrected chi connectivity index (χ2v) is 6.16. The molecule has 2 aromatic rings. The zero-order chi connectivity index (χ0) is 15.9. The van der Waals surface area contributed by atoms with E-state index in [-0.39, 0.29) is 11.8 Å². The van der Waals surface area contributed by atoms with Gasteiger partial charge in [-0.15, -0.1) is 0 Å². The number of carbonyl (C=O) groups excluding carboxylic acids is 1. The molecule has 114 valence electrons. The topological polar surface area (TPSA) is 29.5 Å². The normalized spacial score (nSPS) is 17.4. The highest BCUT2D eigenvalue weighted by Crippen LogP contribution is 2.44. The Labute approximate surface area is 139 Å². The van der Waals surface area contributed by atoms with Crippen LogP contribution >= 0.6 is 23.2 Å². The van der Waals surface area contributed by atoms with Crippen LogP contribution in [0.5, 0.6) is 5.75 Å². The predicted molar refractivity (Wildman–Crippen MR) is 89.5 cm³/mol. The molecule has 0 bridgehead atoms. The van der Waals surface area contributed by atoms with Gasteiger partial charge in [0.2, 0.25) is 5.91 Å². The molecule has 1 aliphatic rings. The first kappa shape index (κ1) is 15.2. The fourth-order valence-corrected chi connectivity index (χ4v) is 3.31. The highest BCUT2D eigenvalue weighted by atomic mass is 35.5. The van der Waals surface area contributed by atoms with E-state index in [1.165, 1.54) is 0 Å². The van der Waals surface area contributed by atoms with Crippen LogP contribution in [0.25, 0.3) is 0 Å². The molecule has 3 nitrogen and oxygen atoms in total. The van der Waals surface area contributed by atoms with Crippen molar-refractivity contribution >= 4 is 40.5 Å². The fourth-order valence-electron chi connectivity index (χ4n) is 2.74. The number of para-hydroxylation sites is 1. The van der Waals surface area contributed by atoms with E-state index in [2.05, 4.69) is 0 Å². The Balaban J connectivity index is 2.24. The first-order valence-corrected chi connectivity index (χ1v) is 7.73. The van der Waals surface area contributed by atoms with Gasteiger partial charge < -0.3 is 4.74 Å². The molecule has 0 N–H and O–H groups in total. The van der Waals surface area contributed by atoms with Crippen molar-refractivity contribution in [3.05, 3.63) is 52.0 Å². The first-order chi connectivity index (χ1) is 10.5. The van der Waals surface area contributed by atoms with Crippen LogP contribution in [0.3, 0.4) is 0 Å². The lowest BCUT2D eigenvalue weighted by atomic mass is 9.92. The minimum absolute atomic E-state index is 0.0178. The van der Waals surface area contributed by atoms with Crippen LogP contribution in [0.2, 0.25) is 10.0 Å². The van der Waals surface area contributed by atoms with Gasteiger partial charge in [0.1, 0.15) is 5.75 Å². The Morgan fingerprint density at radius 1 is 1.18 bits per heavy atom. The van der Waals surface area contributed by atoms with E-state index >= 15 is 0 Å². The third-order valence-corrected chi connectivity index (χ3v) is 4.47. The predicted octanol–water partition coefficient (Wildman–Crippen LogP) is 4.86. The lowest BCUT2D eigenvalue weighted by Crippen LogP contribution is -2.37. The maximum Gasteiger partial charge on any atom is 0.234 e. The summed E-state index contributed by atoms with van der Waals surface area (Å²) in [6.45, 7) is 1.91. The van der Waals surface area contributed by atoms with E-state index in [0.29, 0.717) is 27.9 Å². The van der Waals surface area contributed by atoms with E-state index in [4.69, 9.17) is 27.9 Å². The summed E-state index contributed by atoms with van der Waals surface area (Å²) in [7, 11) is 1.60. The molecule has 2 aromatic carbocycles. The summed E-state index contributed by atoms with van der Waals surface area (Å²) >= 11 is 12.6. The molecule has 1 aliphatic heterocycles. The molecule has 0 saturated carbocycles. The zero-order valence-electron chi connectivity index (χ0n) is 12.3. The summed E-state index contributed by atoms with van der Waals surface area (Å²) in [4.78, 5) is 14.4. The minimum Gasteiger partial charge on any atom is -0.497 e. The average Bonchev–Trinajstić information content (AvgIpc) is 2.50. The van der Waals surface area contributed by atoms with Crippen LogP contribution in [-0.2, 0) is 11.2 Å². The Kier molecular flexibility index (Phi) is 4.02. The van der Waals surface area contributed by atoms with E-state index in [0.717, 1.165) is 11.3 Å². The van der Waals surface area contributed by atoms with Gasteiger partial charge in [-0.05, 0) is 30.2 Å². The molecule has 0 aromatic heterocycles. The van der Waals surface area contributed by atoms with E-state index in [1.54, 1.807) is 30.2 Å². The quantitative estimate of drug-likeness (QED) is 0.784. The van der Waals surface area contributed by atoms with Crippen LogP contribution in [0.1, 0.15) is 12.5 Å². The van der Waals surface area contributed by atoms with Crippen LogP contribution in [-0.4, -0.2) is 13.0 Å². The minimum atomic E-state index is -0.131. The lowest BCUT2D eigenvalue weighted by molar-refractivity contribution is -0.121. The van der Waals surface area contributed by atoms with Crippen LogP contribution in [0.4, 0.5) is 11.4 Å². The number of rotatable bonds is 2. The van der Waals surface area contributed by atoms with Crippen molar-refractivity contribution in [2.75, 3.05) is 12.0 Å². The number of carbonyl (C=O) groups is 1. The fraction of sp³-hybridized carbons (Fsp3) is 0.235. The van der Waals surface area contributed by atoms with Crippen molar-refractivity contribution in [2.45, 2.75) is 13.3 Å². The Hall–Kier alpha value is -1.71. The summed E-state index contributed by atoms with van der Waals surface area (Å²) in [5.74, 6) is 0.540. The van der Waals surface area contributed by atoms with Gasteiger partial charge in [0.25, 0.3) is 0 Å². The lowest BCUT2D eigenvalue weighted by Gasteiger charge is -2.34. The number of ether oxygens (including phenoxy) is 1. The van der Waals surface area contributed by atoms with Crippen molar-refractivity contribution in [3.63, 3.8) is 0 Å². The number of hydrogen-bond donors (Lipinski definition) is 0. The van der Waals surface area contributed by atoms with Gasteiger partial charge >= 0.3 is 0 Å². The van der Waals surface area contributed by atoms with Gasteiger partial charge in [-0.25, -0.2) is 0 Å². The van der Waals surface area contributed by atoms with E-state index in [9.17, 15) is 4.79 Å². The average molecular weight is 336 g/mol. The van der Waals surface area contributed by atoms with Crippen molar-refractivity contribution < 1.29 is 9.53 Å². The van der Waals surface area contributed by atoms with Crippen molar-refractivity contribution in [2.24, 2.45) is 5.92 Å². The molecule has 5 heteroatoms. The highest BCUT2D eigenvalue weighted by Gasteiger charge is 2.33. The van der Waals surface area contributed by atoms with Crippen molar-refractivity contribution in [1.29, 1.82) is 0 Å². The SMILES string of the molecule is COc1ccc2c(c1)N(c1c(Cl)cccc1Cl)C(=O)C(C)C2. The summed E-state index contributed by atoms with van der Waals surface area (Å²) in [6.07, 6.45) is 0.691. The molecule has 1 unspecified atom stereocenters. The van der Waals surface area contributed by atoms with Crippen LogP contribution in [0, 0.1) is 5.92 Å². The Bertz CT molecular complexity index is 725. The standard InChI is InChI=1S/C17H15Cl2NO2/c1-10-8-11-6-7-12(22-2)9-15(11)20(17(10)21)16-13(18)4-3-5-14(16)19/h3-7,9-10H,8H2,1-2H3. The van der Waals surface area contributed by atoms with Gasteiger partial charge in [0.15, 0.2) is 0 Å². The third kappa shape index (κ3) is 2.44. The Morgan fingerprint density at radius 3 is 2.50 bits per heavy atom. The van der Waals surface area contributed by atoms with Crippen molar-refractivity contribution in [3.8, 4) is 5.75 Å². The van der Waals surface area contributed by atoms with Crippen molar-refractivity contribution in [1.82, 2.24) is 0 Å². The van der Waals surface area contributed by atoms with E-state index in [1.807, 2.05) is 25.1 Å². The molecule has 0 aliphatic carbocycles. The Morgan fingerprint density at radius 2 is 1.86 bits per heavy atom. The molecule has 1 atom stereocenters.